The minimum Gasteiger partial charge on any atom is -0.479 e. The van der Waals surface area contributed by atoms with Crippen molar-refractivity contribution < 1.29 is 4.74 Å². The maximum Gasteiger partial charge on any atom is 0.220 e. The van der Waals surface area contributed by atoms with Gasteiger partial charge >= 0.3 is 0 Å². The highest BCUT2D eigenvalue weighted by Gasteiger charge is 2.03. The summed E-state index contributed by atoms with van der Waals surface area (Å²) in [4.78, 5) is 3.97. The van der Waals surface area contributed by atoms with Crippen LogP contribution in [0.2, 0.25) is 5.15 Å². The fourth-order valence-electron chi connectivity index (χ4n) is 0.823. The lowest BCUT2D eigenvalue weighted by molar-refractivity contribution is 0.346. The van der Waals surface area contributed by atoms with Gasteiger partial charge in [0.25, 0.3) is 0 Å². The number of hydrogen-bond donors (Lipinski definition) is 0. The summed E-state index contributed by atoms with van der Waals surface area (Å²) >= 11 is 12.3. The van der Waals surface area contributed by atoms with Crippen molar-refractivity contribution >= 4 is 40.0 Å². The number of rotatable bonds is 3. The van der Waals surface area contributed by atoms with E-state index in [1.54, 1.807) is 6.20 Å². The molecule has 1 aromatic rings. The highest BCUT2D eigenvalue weighted by Crippen LogP contribution is 2.19. The first kappa shape index (κ1) is 11.8. The smallest absolute Gasteiger partial charge is 0.220 e. The molecule has 0 aliphatic carbocycles. The van der Waals surface area contributed by atoms with Crippen molar-refractivity contribution in [1.82, 2.24) is 4.98 Å². The fourth-order valence-corrected chi connectivity index (χ4v) is 2.09. The molecule has 0 aliphatic rings. The molecule has 0 aromatic carbocycles. The average molecular weight is 248 g/mol. The number of nitrogens with zero attached hydrogens (tertiary/aromatic N) is 1. The summed E-state index contributed by atoms with van der Waals surface area (Å²) in [6, 6.07) is 3.78. The van der Waals surface area contributed by atoms with E-state index in [1.807, 2.05) is 19.1 Å². The Bertz CT molecular complexity index is 319. The summed E-state index contributed by atoms with van der Waals surface area (Å²) in [5.41, 5.74) is 0.973. The van der Waals surface area contributed by atoms with Crippen LogP contribution >= 0.6 is 35.6 Å². The van der Waals surface area contributed by atoms with Crippen LogP contribution in [-0.4, -0.2) is 16.0 Å². The molecule has 5 heteroatoms. The van der Waals surface area contributed by atoms with Crippen molar-refractivity contribution in [3.63, 3.8) is 0 Å². The van der Waals surface area contributed by atoms with Gasteiger partial charge < -0.3 is 4.74 Å². The third-order valence-electron chi connectivity index (χ3n) is 1.44. The van der Waals surface area contributed by atoms with Crippen molar-refractivity contribution in [2.24, 2.45) is 0 Å². The normalized spacial score (nSPS) is 9.86. The topological polar surface area (TPSA) is 22.1 Å². The summed E-state index contributed by atoms with van der Waals surface area (Å²) in [6.45, 7) is 2.51. The van der Waals surface area contributed by atoms with Crippen LogP contribution < -0.4 is 0 Å². The van der Waals surface area contributed by atoms with E-state index in [9.17, 15) is 0 Å². The molecule has 0 spiro atoms. The number of thioether (sulfide) groups is 1. The summed E-state index contributed by atoms with van der Waals surface area (Å²) in [7, 11) is 0. The SMILES string of the molecule is CCOC(=S)SCc1cccnc1Cl. The minimum absolute atomic E-state index is 0.527. The van der Waals surface area contributed by atoms with Gasteiger partial charge in [0.2, 0.25) is 4.38 Å². The zero-order valence-corrected chi connectivity index (χ0v) is 10.1. The standard InChI is InChI=1S/C9H10ClNOS2/c1-2-12-9(13)14-6-7-4-3-5-11-8(7)10/h3-5H,2,6H2,1H3. The van der Waals surface area contributed by atoms with E-state index < -0.39 is 0 Å². The Balaban J connectivity index is 2.46. The molecule has 1 heterocycles. The molecule has 14 heavy (non-hydrogen) atoms. The quantitative estimate of drug-likeness (QED) is 0.604. The highest BCUT2D eigenvalue weighted by atomic mass is 35.5. The van der Waals surface area contributed by atoms with Crippen LogP contribution in [0.4, 0.5) is 0 Å². The first-order valence-electron chi connectivity index (χ1n) is 4.13. The number of thiocarbonyl (C=S) groups is 1. The molecule has 0 N–H and O–H groups in total. The monoisotopic (exact) mass is 247 g/mol. The number of hydrogen-bond acceptors (Lipinski definition) is 4. The van der Waals surface area contributed by atoms with Gasteiger partial charge in [0.15, 0.2) is 0 Å². The van der Waals surface area contributed by atoms with E-state index in [1.165, 1.54) is 11.8 Å². The van der Waals surface area contributed by atoms with Gasteiger partial charge in [-0.3, -0.25) is 0 Å². The zero-order valence-electron chi connectivity index (χ0n) is 7.70. The molecule has 0 amide bonds. The third kappa shape index (κ3) is 3.82. The molecular weight excluding hydrogens is 238 g/mol. The van der Waals surface area contributed by atoms with Crippen molar-refractivity contribution in [2.75, 3.05) is 6.61 Å². The van der Waals surface area contributed by atoms with E-state index in [2.05, 4.69) is 4.98 Å². The maximum absolute atomic E-state index is 5.88. The number of aromatic nitrogens is 1. The second kappa shape index (κ2) is 6.22. The Kier molecular flexibility index (Phi) is 5.22. The van der Waals surface area contributed by atoms with Crippen LogP contribution in [0.5, 0.6) is 0 Å². The molecule has 0 bridgehead atoms. The lowest BCUT2D eigenvalue weighted by Crippen LogP contribution is -1.96. The van der Waals surface area contributed by atoms with Crippen LogP contribution in [0.25, 0.3) is 0 Å². The molecule has 2 nitrogen and oxygen atoms in total. The number of ether oxygens (including phenoxy) is 1. The summed E-state index contributed by atoms with van der Waals surface area (Å²) in [5.74, 6) is 0.700. The molecular formula is C9H10ClNOS2. The number of pyridine rings is 1. The molecule has 1 rings (SSSR count). The Morgan fingerprint density at radius 1 is 1.71 bits per heavy atom. The molecule has 0 saturated carbocycles. The second-order valence-electron chi connectivity index (χ2n) is 2.43. The van der Waals surface area contributed by atoms with E-state index in [0.29, 0.717) is 21.9 Å². The Morgan fingerprint density at radius 3 is 3.14 bits per heavy atom. The van der Waals surface area contributed by atoms with Gasteiger partial charge in [0.05, 0.1) is 6.61 Å². The first-order chi connectivity index (χ1) is 6.74. The van der Waals surface area contributed by atoms with Crippen LogP contribution in [0.15, 0.2) is 18.3 Å². The molecule has 0 aliphatic heterocycles. The predicted octanol–water partition coefficient (Wildman–Crippen LogP) is 3.29. The van der Waals surface area contributed by atoms with Crippen LogP contribution in [0, 0.1) is 0 Å². The summed E-state index contributed by atoms with van der Waals surface area (Å²) in [6.07, 6.45) is 1.66. The molecule has 0 fully saturated rings. The van der Waals surface area contributed by atoms with E-state index in [-0.39, 0.29) is 0 Å². The van der Waals surface area contributed by atoms with Gasteiger partial charge in [-0.15, -0.1) is 0 Å². The van der Waals surface area contributed by atoms with Crippen LogP contribution in [0.1, 0.15) is 12.5 Å². The van der Waals surface area contributed by atoms with E-state index in [4.69, 9.17) is 28.6 Å². The third-order valence-corrected chi connectivity index (χ3v) is 3.06. The first-order valence-corrected chi connectivity index (χ1v) is 5.90. The predicted molar refractivity (Wildman–Crippen MR) is 64.8 cm³/mol. The largest absolute Gasteiger partial charge is 0.479 e. The van der Waals surface area contributed by atoms with Gasteiger partial charge in [-0.25, -0.2) is 4.98 Å². The molecule has 0 radical (unpaired) electrons. The lowest BCUT2D eigenvalue weighted by Gasteiger charge is -2.04. The maximum atomic E-state index is 5.88. The van der Waals surface area contributed by atoms with Gasteiger partial charge in [0, 0.05) is 11.9 Å². The Morgan fingerprint density at radius 2 is 2.50 bits per heavy atom. The molecule has 0 atom stereocenters. The van der Waals surface area contributed by atoms with Gasteiger partial charge in [0.1, 0.15) is 5.15 Å². The minimum atomic E-state index is 0.527. The number of halogens is 1. The molecule has 0 saturated heterocycles. The lowest BCUT2D eigenvalue weighted by atomic mass is 10.3. The van der Waals surface area contributed by atoms with Crippen molar-refractivity contribution in [1.29, 1.82) is 0 Å². The molecule has 0 unspecified atom stereocenters. The van der Waals surface area contributed by atoms with E-state index >= 15 is 0 Å². The fraction of sp³-hybridized carbons (Fsp3) is 0.333. The van der Waals surface area contributed by atoms with Crippen LogP contribution in [0.3, 0.4) is 0 Å². The van der Waals surface area contributed by atoms with Crippen molar-refractivity contribution in [3.05, 3.63) is 29.0 Å². The van der Waals surface area contributed by atoms with Crippen LogP contribution in [-0.2, 0) is 10.5 Å². The Hall–Kier alpha value is -0.320. The highest BCUT2D eigenvalue weighted by molar-refractivity contribution is 8.22. The summed E-state index contributed by atoms with van der Waals surface area (Å²) in [5, 5.41) is 0.527. The molecule has 76 valence electrons. The van der Waals surface area contributed by atoms with Gasteiger partial charge in [-0.1, -0.05) is 29.4 Å². The average Bonchev–Trinajstić information content (AvgIpc) is 2.17. The van der Waals surface area contributed by atoms with Gasteiger partial charge in [-0.05, 0) is 30.8 Å². The van der Waals surface area contributed by atoms with Crippen molar-refractivity contribution in [2.45, 2.75) is 12.7 Å². The molecule has 1 aromatic heterocycles. The second-order valence-corrected chi connectivity index (χ2v) is 4.36. The summed E-state index contributed by atoms with van der Waals surface area (Å²) < 4.78 is 5.68. The zero-order chi connectivity index (χ0) is 10.4. The van der Waals surface area contributed by atoms with E-state index in [0.717, 1.165) is 5.56 Å². The van der Waals surface area contributed by atoms with Crippen molar-refractivity contribution in [3.8, 4) is 0 Å². The Labute approximate surface area is 98.0 Å². The van der Waals surface area contributed by atoms with Gasteiger partial charge in [-0.2, -0.15) is 0 Å².